The average Bonchev–Trinajstić information content (AvgIpc) is 2.79. The minimum Gasteiger partial charge on any atom is -0.494 e. The van der Waals surface area contributed by atoms with Gasteiger partial charge < -0.3 is 20.1 Å². The van der Waals surface area contributed by atoms with Gasteiger partial charge in [-0.05, 0) is 62.2 Å². The molecule has 0 aliphatic carbocycles. The maximum atomic E-state index is 12.1. The van der Waals surface area contributed by atoms with Crippen molar-refractivity contribution in [2.45, 2.75) is 33.2 Å². The van der Waals surface area contributed by atoms with E-state index in [0.29, 0.717) is 30.0 Å². The predicted molar refractivity (Wildman–Crippen MR) is 122 cm³/mol. The molecule has 2 rings (SSSR count). The van der Waals surface area contributed by atoms with Crippen molar-refractivity contribution < 1.29 is 23.9 Å². The zero-order valence-electron chi connectivity index (χ0n) is 18.4. The summed E-state index contributed by atoms with van der Waals surface area (Å²) >= 11 is 0. The zero-order valence-corrected chi connectivity index (χ0v) is 18.4. The number of hydrogen-bond acceptors (Lipinski definition) is 6. The molecule has 0 radical (unpaired) electrons. The highest BCUT2D eigenvalue weighted by Gasteiger charge is 2.14. The molecule has 3 amide bonds. The second-order valence-electron chi connectivity index (χ2n) is 6.85. The van der Waals surface area contributed by atoms with Gasteiger partial charge in [0.15, 0.2) is 6.61 Å². The summed E-state index contributed by atoms with van der Waals surface area (Å²) in [4.78, 5) is 35.5. The van der Waals surface area contributed by atoms with Crippen LogP contribution >= 0.6 is 0 Å². The number of anilines is 1. The molecule has 0 aliphatic rings. The lowest BCUT2D eigenvalue weighted by molar-refractivity contribution is -0.139. The zero-order chi connectivity index (χ0) is 23.3. The van der Waals surface area contributed by atoms with Crippen LogP contribution in [0.2, 0.25) is 0 Å². The van der Waals surface area contributed by atoms with Gasteiger partial charge in [0.05, 0.1) is 12.8 Å². The van der Waals surface area contributed by atoms with Crippen LogP contribution in [-0.2, 0) is 14.4 Å². The minimum atomic E-state index is -0.847. The molecule has 9 nitrogen and oxygen atoms in total. The normalized spacial score (nSPS) is 11.5. The van der Waals surface area contributed by atoms with E-state index in [1.165, 1.54) is 6.21 Å². The molecule has 0 fully saturated rings. The Bertz CT molecular complexity index is 944. The van der Waals surface area contributed by atoms with Crippen molar-refractivity contribution in [3.63, 3.8) is 0 Å². The van der Waals surface area contributed by atoms with Gasteiger partial charge in [0, 0.05) is 11.7 Å². The molecule has 32 heavy (non-hydrogen) atoms. The van der Waals surface area contributed by atoms with Gasteiger partial charge in [-0.2, -0.15) is 5.10 Å². The number of nitrogens with zero attached hydrogens (tertiary/aromatic N) is 1. The number of hydrazone groups is 1. The van der Waals surface area contributed by atoms with Crippen LogP contribution in [0.15, 0.2) is 53.6 Å². The number of ether oxygens (including phenoxy) is 2. The Morgan fingerprint density at radius 1 is 1.00 bits per heavy atom. The van der Waals surface area contributed by atoms with Crippen molar-refractivity contribution in [2.24, 2.45) is 5.10 Å². The van der Waals surface area contributed by atoms with Crippen molar-refractivity contribution in [3.05, 3.63) is 54.1 Å². The third kappa shape index (κ3) is 8.47. The molecule has 0 spiro atoms. The lowest BCUT2D eigenvalue weighted by Gasteiger charge is -2.09. The third-order valence-electron chi connectivity index (χ3n) is 4.25. The van der Waals surface area contributed by atoms with Crippen LogP contribution in [0.1, 0.15) is 32.8 Å². The van der Waals surface area contributed by atoms with E-state index in [1.807, 2.05) is 13.8 Å². The van der Waals surface area contributed by atoms with Gasteiger partial charge in [-0.3, -0.25) is 14.4 Å². The van der Waals surface area contributed by atoms with E-state index in [9.17, 15) is 14.4 Å². The van der Waals surface area contributed by atoms with Gasteiger partial charge in [-0.25, -0.2) is 5.43 Å². The molecule has 0 aromatic heterocycles. The third-order valence-corrected chi connectivity index (χ3v) is 4.25. The van der Waals surface area contributed by atoms with E-state index >= 15 is 0 Å². The lowest BCUT2D eigenvalue weighted by atomic mass is 10.2. The van der Waals surface area contributed by atoms with Crippen LogP contribution in [0.4, 0.5) is 5.69 Å². The molecule has 0 aliphatic heterocycles. The highest BCUT2D eigenvalue weighted by Crippen LogP contribution is 2.16. The van der Waals surface area contributed by atoms with Gasteiger partial charge in [0.2, 0.25) is 0 Å². The largest absolute Gasteiger partial charge is 0.494 e. The standard InChI is InChI=1S/C23H28N4O5/c1-4-16(3)25-22(29)23(30)27-24-14-17-7-6-8-20(13-17)32-15-21(28)26-18-9-11-19(12-10-18)31-5-2/h6-14,16H,4-5,15H2,1-3H3,(H,25,29)(H,26,28)(H,27,30)/b24-14-/t16-/m0/s1. The molecular formula is C23H28N4O5. The van der Waals surface area contributed by atoms with Crippen molar-refractivity contribution in [1.82, 2.24) is 10.7 Å². The van der Waals surface area contributed by atoms with Crippen LogP contribution in [-0.4, -0.2) is 43.2 Å². The summed E-state index contributed by atoms with van der Waals surface area (Å²) in [5.41, 5.74) is 3.43. The number of benzene rings is 2. The smallest absolute Gasteiger partial charge is 0.329 e. The summed E-state index contributed by atoms with van der Waals surface area (Å²) in [7, 11) is 0. The SMILES string of the molecule is CCOc1ccc(NC(=O)COc2cccc(/C=N\NC(=O)C(=O)N[C@@H](C)CC)c2)cc1. The molecule has 0 heterocycles. The topological polar surface area (TPSA) is 118 Å². The molecule has 9 heteroatoms. The first-order valence-electron chi connectivity index (χ1n) is 10.3. The van der Waals surface area contributed by atoms with Crippen molar-refractivity contribution >= 4 is 29.6 Å². The summed E-state index contributed by atoms with van der Waals surface area (Å²) in [5, 5.41) is 9.07. The summed E-state index contributed by atoms with van der Waals surface area (Å²) in [6.45, 7) is 6.00. The Kier molecular flexibility index (Phi) is 9.70. The molecule has 2 aromatic rings. The Labute approximate surface area is 187 Å². The van der Waals surface area contributed by atoms with E-state index in [0.717, 1.165) is 5.75 Å². The van der Waals surface area contributed by atoms with Gasteiger partial charge in [-0.15, -0.1) is 0 Å². The van der Waals surface area contributed by atoms with Crippen LogP contribution in [0.3, 0.4) is 0 Å². The fourth-order valence-corrected chi connectivity index (χ4v) is 2.44. The number of carbonyl (C=O) groups is 3. The van der Waals surface area contributed by atoms with Gasteiger partial charge in [-0.1, -0.05) is 19.1 Å². The fraction of sp³-hybridized carbons (Fsp3) is 0.304. The number of rotatable bonds is 10. The molecule has 170 valence electrons. The second kappa shape index (κ2) is 12.7. The maximum absolute atomic E-state index is 12.1. The van der Waals surface area contributed by atoms with Crippen molar-refractivity contribution in [3.8, 4) is 11.5 Å². The molecule has 1 atom stereocenters. The lowest BCUT2D eigenvalue weighted by Crippen LogP contribution is -2.41. The van der Waals surface area contributed by atoms with Gasteiger partial charge >= 0.3 is 11.8 Å². The van der Waals surface area contributed by atoms with Crippen molar-refractivity contribution in [1.29, 1.82) is 0 Å². The Morgan fingerprint density at radius 3 is 2.44 bits per heavy atom. The first-order valence-corrected chi connectivity index (χ1v) is 10.3. The van der Waals surface area contributed by atoms with Crippen LogP contribution in [0.25, 0.3) is 0 Å². The number of carbonyl (C=O) groups excluding carboxylic acids is 3. The summed E-state index contributed by atoms with van der Waals surface area (Å²) in [5.74, 6) is -0.718. The second-order valence-corrected chi connectivity index (χ2v) is 6.85. The van der Waals surface area contributed by atoms with E-state index in [-0.39, 0.29) is 18.6 Å². The monoisotopic (exact) mass is 440 g/mol. The fourth-order valence-electron chi connectivity index (χ4n) is 2.44. The average molecular weight is 441 g/mol. The quantitative estimate of drug-likeness (QED) is 0.298. The predicted octanol–water partition coefficient (Wildman–Crippen LogP) is 2.47. The Morgan fingerprint density at radius 2 is 1.75 bits per heavy atom. The molecule has 0 unspecified atom stereocenters. The summed E-state index contributed by atoms with van der Waals surface area (Å²) in [6, 6.07) is 13.7. The van der Waals surface area contributed by atoms with Gasteiger partial charge in [0.1, 0.15) is 11.5 Å². The first kappa shape index (κ1) is 24.4. The van der Waals surface area contributed by atoms with E-state index in [4.69, 9.17) is 9.47 Å². The van der Waals surface area contributed by atoms with E-state index < -0.39 is 11.8 Å². The summed E-state index contributed by atoms with van der Waals surface area (Å²) in [6.07, 6.45) is 2.09. The Hall–Kier alpha value is -3.88. The molecule has 2 aromatic carbocycles. The van der Waals surface area contributed by atoms with Gasteiger partial charge in [0.25, 0.3) is 5.91 Å². The number of nitrogens with one attached hydrogen (secondary N) is 3. The molecule has 3 N–H and O–H groups in total. The van der Waals surface area contributed by atoms with E-state index in [2.05, 4.69) is 21.2 Å². The Balaban J connectivity index is 1.82. The van der Waals surface area contributed by atoms with Crippen LogP contribution in [0.5, 0.6) is 11.5 Å². The van der Waals surface area contributed by atoms with Crippen LogP contribution < -0.4 is 25.5 Å². The van der Waals surface area contributed by atoms with Crippen LogP contribution in [0, 0.1) is 0 Å². The first-order chi connectivity index (χ1) is 15.4. The van der Waals surface area contributed by atoms with E-state index in [1.54, 1.807) is 55.5 Å². The van der Waals surface area contributed by atoms with Crippen molar-refractivity contribution in [2.75, 3.05) is 18.5 Å². The molecule has 0 saturated heterocycles. The molecular weight excluding hydrogens is 412 g/mol. The maximum Gasteiger partial charge on any atom is 0.329 e. The highest BCUT2D eigenvalue weighted by molar-refractivity contribution is 6.35. The molecule has 0 bridgehead atoms. The highest BCUT2D eigenvalue weighted by atomic mass is 16.5. The summed E-state index contributed by atoms with van der Waals surface area (Å²) < 4.78 is 10.9. The molecule has 0 saturated carbocycles. The number of amides is 3. The number of hydrogen-bond donors (Lipinski definition) is 3. The minimum absolute atomic E-state index is 0.0994.